The van der Waals surface area contributed by atoms with Crippen molar-refractivity contribution in [2.75, 3.05) is 23.7 Å². The van der Waals surface area contributed by atoms with Gasteiger partial charge in [-0.05, 0) is 43.1 Å². The Labute approximate surface area is 104 Å². The Balaban J connectivity index is 1.91. The number of fused-ring (bicyclic) bond motifs is 1. The van der Waals surface area contributed by atoms with Gasteiger partial charge in [-0.2, -0.15) is 12.6 Å². The van der Waals surface area contributed by atoms with E-state index < -0.39 is 0 Å². The molecule has 1 aliphatic rings. The van der Waals surface area contributed by atoms with Crippen molar-refractivity contribution in [2.24, 2.45) is 0 Å². The molecular weight excluding hydrogens is 214 g/mol. The van der Waals surface area contributed by atoms with Gasteiger partial charge in [0.25, 0.3) is 0 Å². The van der Waals surface area contributed by atoms with E-state index >= 15 is 0 Å². The first-order chi connectivity index (χ1) is 7.92. The van der Waals surface area contributed by atoms with Crippen LogP contribution in [-0.4, -0.2) is 18.8 Å². The number of hydrogen-bond donors (Lipinski definition) is 1. The van der Waals surface area contributed by atoms with Gasteiger partial charge in [0.15, 0.2) is 0 Å². The molecule has 0 fully saturated rings. The normalized spacial score (nSPS) is 14.9. The minimum Gasteiger partial charge on any atom is -0.371 e. The molecule has 0 radical (unpaired) electrons. The van der Waals surface area contributed by atoms with Crippen LogP contribution in [-0.2, 0) is 6.42 Å². The van der Waals surface area contributed by atoms with Crippen LogP contribution >= 0.6 is 12.6 Å². The Morgan fingerprint density at radius 1 is 1.12 bits per heavy atom. The summed E-state index contributed by atoms with van der Waals surface area (Å²) in [6, 6.07) is 8.86. The summed E-state index contributed by atoms with van der Waals surface area (Å²) in [5, 5.41) is 0. The van der Waals surface area contributed by atoms with Gasteiger partial charge in [-0.25, -0.2) is 0 Å². The number of rotatable bonds is 5. The predicted molar refractivity (Wildman–Crippen MR) is 74.7 cm³/mol. The van der Waals surface area contributed by atoms with Crippen molar-refractivity contribution >= 4 is 18.3 Å². The highest BCUT2D eigenvalue weighted by Gasteiger charge is 2.14. The SMILES string of the molecule is SCCCCCN1CCCc2ccccc21. The Hall–Kier alpha value is -0.630. The topological polar surface area (TPSA) is 3.24 Å². The maximum Gasteiger partial charge on any atom is 0.0398 e. The van der Waals surface area contributed by atoms with Crippen LogP contribution in [0.4, 0.5) is 5.69 Å². The van der Waals surface area contributed by atoms with Crippen LogP contribution < -0.4 is 4.90 Å². The summed E-state index contributed by atoms with van der Waals surface area (Å²) in [4.78, 5) is 2.55. The summed E-state index contributed by atoms with van der Waals surface area (Å²) >= 11 is 4.25. The molecule has 1 aliphatic heterocycles. The molecule has 0 aromatic heterocycles. The first-order valence-electron chi connectivity index (χ1n) is 6.35. The molecule has 16 heavy (non-hydrogen) atoms. The van der Waals surface area contributed by atoms with E-state index in [0.717, 1.165) is 5.75 Å². The summed E-state index contributed by atoms with van der Waals surface area (Å²) in [7, 11) is 0. The van der Waals surface area contributed by atoms with Crippen LogP contribution in [0.2, 0.25) is 0 Å². The maximum absolute atomic E-state index is 4.25. The molecule has 2 rings (SSSR count). The fourth-order valence-corrected chi connectivity index (χ4v) is 2.66. The van der Waals surface area contributed by atoms with E-state index in [1.807, 2.05) is 0 Å². The Morgan fingerprint density at radius 3 is 2.88 bits per heavy atom. The van der Waals surface area contributed by atoms with Crippen LogP contribution in [0, 0.1) is 0 Å². The zero-order chi connectivity index (χ0) is 11.2. The van der Waals surface area contributed by atoms with Crippen molar-refractivity contribution in [1.29, 1.82) is 0 Å². The quantitative estimate of drug-likeness (QED) is 0.603. The van der Waals surface area contributed by atoms with E-state index in [1.54, 1.807) is 0 Å². The molecule has 0 saturated carbocycles. The molecule has 88 valence electrons. The third-order valence-electron chi connectivity index (χ3n) is 3.29. The molecule has 1 aromatic rings. The summed E-state index contributed by atoms with van der Waals surface area (Å²) in [6.45, 7) is 2.45. The highest BCUT2D eigenvalue weighted by molar-refractivity contribution is 7.80. The Kier molecular flexibility index (Phi) is 4.58. The average molecular weight is 235 g/mol. The van der Waals surface area contributed by atoms with E-state index in [2.05, 4.69) is 41.8 Å². The van der Waals surface area contributed by atoms with Gasteiger partial charge in [-0.1, -0.05) is 24.6 Å². The van der Waals surface area contributed by atoms with E-state index in [4.69, 9.17) is 0 Å². The second-order valence-corrected chi connectivity index (χ2v) is 4.95. The fraction of sp³-hybridized carbons (Fsp3) is 0.571. The zero-order valence-corrected chi connectivity index (χ0v) is 10.8. The molecule has 0 amide bonds. The first kappa shape index (κ1) is 11.8. The number of benzene rings is 1. The smallest absolute Gasteiger partial charge is 0.0398 e. The third-order valence-corrected chi connectivity index (χ3v) is 3.61. The highest BCUT2D eigenvalue weighted by atomic mass is 32.1. The minimum absolute atomic E-state index is 1.02. The summed E-state index contributed by atoms with van der Waals surface area (Å²) in [6.07, 6.45) is 6.42. The highest BCUT2D eigenvalue weighted by Crippen LogP contribution is 2.26. The predicted octanol–water partition coefficient (Wildman–Crippen LogP) is 3.54. The lowest BCUT2D eigenvalue weighted by Crippen LogP contribution is -2.30. The number of unbranched alkanes of at least 4 members (excludes halogenated alkanes) is 2. The molecule has 0 aliphatic carbocycles. The van der Waals surface area contributed by atoms with Crippen molar-refractivity contribution in [3.63, 3.8) is 0 Å². The molecule has 0 bridgehead atoms. The molecule has 0 saturated heterocycles. The summed E-state index contributed by atoms with van der Waals surface area (Å²) in [5.74, 6) is 1.02. The van der Waals surface area contributed by atoms with E-state index in [9.17, 15) is 0 Å². The molecule has 1 heterocycles. The van der Waals surface area contributed by atoms with Gasteiger partial charge in [0.1, 0.15) is 0 Å². The number of anilines is 1. The molecule has 2 heteroatoms. The van der Waals surface area contributed by atoms with E-state index in [0.29, 0.717) is 0 Å². The monoisotopic (exact) mass is 235 g/mol. The number of para-hydroxylation sites is 1. The molecule has 1 aromatic carbocycles. The van der Waals surface area contributed by atoms with Gasteiger partial charge in [0, 0.05) is 18.8 Å². The maximum atomic E-state index is 4.25. The molecule has 0 atom stereocenters. The largest absolute Gasteiger partial charge is 0.371 e. The van der Waals surface area contributed by atoms with Crippen molar-refractivity contribution in [3.05, 3.63) is 29.8 Å². The molecule has 0 spiro atoms. The number of thiol groups is 1. The van der Waals surface area contributed by atoms with E-state index in [1.165, 1.54) is 56.4 Å². The van der Waals surface area contributed by atoms with Gasteiger partial charge in [-0.3, -0.25) is 0 Å². The van der Waals surface area contributed by atoms with Crippen LogP contribution in [0.15, 0.2) is 24.3 Å². The van der Waals surface area contributed by atoms with Gasteiger partial charge in [0.05, 0.1) is 0 Å². The lowest BCUT2D eigenvalue weighted by molar-refractivity contribution is 0.640. The van der Waals surface area contributed by atoms with Gasteiger partial charge in [0.2, 0.25) is 0 Å². The third kappa shape index (κ3) is 2.94. The second kappa shape index (κ2) is 6.19. The first-order valence-corrected chi connectivity index (χ1v) is 6.99. The molecule has 0 unspecified atom stereocenters. The van der Waals surface area contributed by atoms with Crippen LogP contribution in [0.3, 0.4) is 0 Å². The fourth-order valence-electron chi connectivity index (χ4n) is 2.44. The summed E-state index contributed by atoms with van der Waals surface area (Å²) < 4.78 is 0. The van der Waals surface area contributed by atoms with Gasteiger partial charge >= 0.3 is 0 Å². The summed E-state index contributed by atoms with van der Waals surface area (Å²) in [5.41, 5.74) is 3.00. The standard InChI is InChI=1S/C14H21NS/c16-12-5-1-4-10-15-11-6-8-13-7-2-3-9-14(13)15/h2-3,7,9,16H,1,4-6,8,10-12H2. The van der Waals surface area contributed by atoms with Crippen LogP contribution in [0.25, 0.3) is 0 Å². The second-order valence-electron chi connectivity index (χ2n) is 4.50. The number of aryl methyl sites for hydroxylation is 1. The Bertz CT molecular complexity index is 324. The lowest BCUT2D eigenvalue weighted by Gasteiger charge is -2.31. The van der Waals surface area contributed by atoms with Crippen LogP contribution in [0.5, 0.6) is 0 Å². The molecule has 1 nitrogen and oxygen atoms in total. The van der Waals surface area contributed by atoms with Crippen molar-refractivity contribution < 1.29 is 0 Å². The number of hydrogen-bond acceptors (Lipinski definition) is 2. The zero-order valence-electron chi connectivity index (χ0n) is 9.86. The molecular formula is C14H21NS. The van der Waals surface area contributed by atoms with E-state index in [-0.39, 0.29) is 0 Å². The van der Waals surface area contributed by atoms with Crippen molar-refractivity contribution in [1.82, 2.24) is 0 Å². The number of nitrogens with zero attached hydrogens (tertiary/aromatic N) is 1. The lowest BCUT2D eigenvalue weighted by atomic mass is 10.0. The van der Waals surface area contributed by atoms with Gasteiger partial charge < -0.3 is 4.90 Å². The van der Waals surface area contributed by atoms with Crippen molar-refractivity contribution in [3.8, 4) is 0 Å². The molecule has 0 N–H and O–H groups in total. The average Bonchev–Trinajstić information content (AvgIpc) is 2.35. The van der Waals surface area contributed by atoms with Gasteiger partial charge in [-0.15, -0.1) is 0 Å². The minimum atomic E-state index is 1.02. The Morgan fingerprint density at radius 2 is 2.00 bits per heavy atom. The van der Waals surface area contributed by atoms with Crippen molar-refractivity contribution in [2.45, 2.75) is 32.1 Å². The van der Waals surface area contributed by atoms with Crippen LogP contribution in [0.1, 0.15) is 31.2 Å².